The Kier molecular flexibility index (Phi) is 6.19. The monoisotopic (exact) mass is 398 g/mol. The molecule has 0 spiro atoms. The molecule has 2 aliphatic heterocycles. The van der Waals surface area contributed by atoms with Crippen LogP contribution in [-0.4, -0.2) is 61.1 Å². The molecule has 0 radical (unpaired) electrons. The van der Waals surface area contributed by atoms with Crippen molar-refractivity contribution in [2.75, 3.05) is 33.4 Å². The molecule has 0 unspecified atom stereocenters. The number of benzene rings is 1. The molecule has 29 heavy (non-hydrogen) atoms. The van der Waals surface area contributed by atoms with Gasteiger partial charge < -0.3 is 14.4 Å². The molecule has 4 rings (SSSR count). The van der Waals surface area contributed by atoms with Crippen LogP contribution in [0.1, 0.15) is 50.5 Å². The molecule has 0 N–H and O–H groups in total. The van der Waals surface area contributed by atoms with Gasteiger partial charge in [0.1, 0.15) is 11.4 Å². The first-order valence-corrected chi connectivity index (χ1v) is 10.8. The fourth-order valence-electron chi connectivity index (χ4n) is 4.73. The quantitative estimate of drug-likeness (QED) is 0.729. The summed E-state index contributed by atoms with van der Waals surface area (Å²) in [6.45, 7) is 2.36. The summed E-state index contributed by atoms with van der Waals surface area (Å²) in [6, 6.07) is 7.47. The molecule has 6 nitrogen and oxygen atoms in total. The van der Waals surface area contributed by atoms with Crippen molar-refractivity contribution in [3.8, 4) is 5.75 Å². The van der Waals surface area contributed by atoms with Gasteiger partial charge in [0, 0.05) is 24.7 Å². The number of carbonyl (C=O) groups excluding carboxylic acids is 2. The molecule has 2 amide bonds. The van der Waals surface area contributed by atoms with E-state index in [-0.39, 0.29) is 17.9 Å². The zero-order valence-electron chi connectivity index (χ0n) is 17.2. The van der Waals surface area contributed by atoms with E-state index in [4.69, 9.17) is 9.47 Å². The van der Waals surface area contributed by atoms with E-state index in [1.54, 1.807) is 12.0 Å². The van der Waals surface area contributed by atoms with E-state index < -0.39 is 0 Å². The Morgan fingerprint density at radius 3 is 2.28 bits per heavy atom. The van der Waals surface area contributed by atoms with Crippen LogP contribution in [0.2, 0.25) is 0 Å². The van der Waals surface area contributed by atoms with Crippen LogP contribution in [-0.2, 0) is 14.3 Å². The fourth-order valence-corrected chi connectivity index (χ4v) is 4.73. The minimum atomic E-state index is -0.174. The third-order valence-electron chi connectivity index (χ3n) is 6.23. The van der Waals surface area contributed by atoms with Crippen LogP contribution in [0, 0.1) is 0 Å². The highest BCUT2D eigenvalue weighted by molar-refractivity contribution is 6.36. The number of hydrogen-bond acceptors (Lipinski definition) is 5. The Hall–Kier alpha value is -2.34. The zero-order valence-corrected chi connectivity index (χ0v) is 17.2. The van der Waals surface area contributed by atoms with E-state index >= 15 is 0 Å². The Morgan fingerprint density at radius 1 is 0.931 bits per heavy atom. The van der Waals surface area contributed by atoms with Crippen LogP contribution in [0.3, 0.4) is 0 Å². The van der Waals surface area contributed by atoms with Crippen molar-refractivity contribution in [1.29, 1.82) is 0 Å². The van der Waals surface area contributed by atoms with E-state index in [2.05, 4.69) is 0 Å². The highest BCUT2D eigenvalue weighted by atomic mass is 16.5. The van der Waals surface area contributed by atoms with Crippen molar-refractivity contribution in [2.45, 2.75) is 51.0 Å². The number of amides is 2. The summed E-state index contributed by atoms with van der Waals surface area (Å²) in [7, 11) is 1.60. The lowest BCUT2D eigenvalue weighted by molar-refractivity contribution is -0.141. The second kappa shape index (κ2) is 8.99. The number of carbonyl (C=O) groups is 2. The minimum Gasteiger partial charge on any atom is -0.496 e. The molecule has 1 aromatic rings. The molecule has 156 valence electrons. The second-order valence-electron chi connectivity index (χ2n) is 8.00. The molecule has 0 bridgehead atoms. The van der Waals surface area contributed by atoms with Gasteiger partial charge in [-0.25, -0.2) is 0 Å². The van der Waals surface area contributed by atoms with Gasteiger partial charge in [-0.15, -0.1) is 0 Å². The molecule has 1 aliphatic carbocycles. The number of morpholine rings is 1. The normalized spacial score (nSPS) is 22.1. The van der Waals surface area contributed by atoms with Gasteiger partial charge in [0.05, 0.1) is 25.9 Å². The number of imide groups is 1. The smallest absolute Gasteiger partial charge is 0.278 e. The van der Waals surface area contributed by atoms with Gasteiger partial charge in [-0.05, 0) is 18.9 Å². The lowest BCUT2D eigenvalue weighted by atomic mass is 9.95. The van der Waals surface area contributed by atoms with Gasteiger partial charge in [0.25, 0.3) is 11.8 Å². The molecule has 1 saturated heterocycles. The van der Waals surface area contributed by atoms with Crippen LogP contribution in [0.5, 0.6) is 5.75 Å². The number of nitrogens with zero attached hydrogens (tertiary/aromatic N) is 2. The highest BCUT2D eigenvalue weighted by Crippen LogP contribution is 2.38. The molecule has 1 saturated carbocycles. The van der Waals surface area contributed by atoms with Gasteiger partial charge in [0.15, 0.2) is 0 Å². The topological polar surface area (TPSA) is 59.1 Å². The molecule has 3 aliphatic rings. The Labute approximate surface area is 172 Å². The summed E-state index contributed by atoms with van der Waals surface area (Å²) in [4.78, 5) is 30.9. The van der Waals surface area contributed by atoms with Crippen LogP contribution < -0.4 is 4.74 Å². The van der Waals surface area contributed by atoms with E-state index in [9.17, 15) is 9.59 Å². The molecule has 2 fully saturated rings. The number of para-hydroxylation sites is 1. The van der Waals surface area contributed by atoms with E-state index in [0.717, 1.165) is 25.7 Å². The third-order valence-corrected chi connectivity index (χ3v) is 6.23. The first kappa shape index (κ1) is 20.0. The molecular formula is C23H30N2O4. The average Bonchev–Trinajstić information content (AvgIpc) is 2.99. The fraction of sp³-hybridized carbons (Fsp3) is 0.565. The van der Waals surface area contributed by atoms with Crippen molar-refractivity contribution >= 4 is 17.4 Å². The number of hydrogen-bond donors (Lipinski definition) is 0. The first-order valence-electron chi connectivity index (χ1n) is 10.8. The van der Waals surface area contributed by atoms with Crippen LogP contribution in [0.15, 0.2) is 30.0 Å². The molecule has 2 heterocycles. The number of rotatable bonds is 4. The van der Waals surface area contributed by atoms with Crippen LogP contribution >= 0.6 is 0 Å². The Morgan fingerprint density at radius 2 is 1.59 bits per heavy atom. The third kappa shape index (κ3) is 3.90. The van der Waals surface area contributed by atoms with Gasteiger partial charge in [-0.1, -0.05) is 50.3 Å². The number of ether oxygens (including phenoxy) is 2. The maximum Gasteiger partial charge on any atom is 0.278 e. The van der Waals surface area contributed by atoms with E-state index in [1.165, 1.54) is 19.3 Å². The lowest BCUT2D eigenvalue weighted by Gasteiger charge is -2.31. The van der Waals surface area contributed by atoms with E-state index in [1.807, 2.05) is 29.2 Å². The summed E-state index contributed by atoms with van der Waals surface area (Å²) in [5, 5.41) is 0. The first-order chi connectivity index (χ1) is 14.2. The summed E-state index contributed by atoms with van der Waals surface area (Å²) in [5.74, 6) is 0.295. The maximum absolute atomic E-state index is 13.7. The average molecular weight is 399 g/mol. The van der Waals surface area contributed by atoms with Gasteiger partial charge in [0.2, 0.25) is 0 Å². The zero-order chi connectivity index (χ0) is 20.2. The minimum absolute atomic E-state index is 0.0152. The Balaban J connectivity index is 1.75. The van der Waals surface area contributed by atoms with Crippen molar-refractivity contribution in [1.82, 2.24) is 9.80 Å². The molecular weight excluding hydrogens is 368 g/mol. The van der Waals surface area contributed by atoms with Gasteiger partial charge in [-0.3, -0.25) is 14.5 Å². The molecule has 0 atom stereocenters. The SMILES string of the molecule is COc1ccccc1C1=C(N2CCOCC2)C(=O)N(C2CCCCCCC2)C1=O. The van der Waals surface area contributed by atoms with E-state index in [0.29, 0.717) is 48.9 Å². The van der Waals surface area contributed by atoms with Crippen LogP contribution in [0.25, 0.3) is 5.57 Å². The number of methoxy groups -OCH3 is 1. The standard InChI is InChI=1S/C23H30N2O4/c1-28-19-12-8-7-11-18(19)20-21(24-13-15-29-16-14-24)23(27)25(22(20)26)17-9-5-3-2-4-6-10-17/h7-8,11-12,17H,2-6,9-10,13-16H2,1H3. The lowest BCUT2D eigenvalue weighted by Crippen LogP contribution is -2.44. The van der Waals surface area contributed by atoms with Gasteiger partial charge in [-0.2, -0.15) is 0 Å². The largest absolute Gasteiger partial charge is 0.496 e. The summed E-state index contributed by atoms with van der Waals surface area (Å²) in [6.07, 6.45) is 7.53. The maximum atomic E-state index is 13.7. The van der Waals surface area contributed by atoms with Crippen LogP contribution in [0.4, 0.5) is 0 Å². The predicted molar refractivity (Wildman–Crippen MR) is 110 cm³/mol. The predicted octanol–water partition coefficient (Wildman–Crippen LogP) is 3.22. The van der Waals surface area contributed by atoms with Crippen molar-refractivity contribution in [3.63, 3.8) is 0 Å². The van der Waals surface area contributed by atoms with Crippen molar-refractivity contribution in [2.24, 2.45) is 0 Å². The molecule has 6 heteroatoms. The van der Waals surface area contributed by atoms with Crippen molar-refractivity contribution in [3.05, 3.63) is 35.5 Å². The summed E-state index contributed by atoms with van der Waals surface area (Å²) < 4.78 is 11.0. The highest BCUT2D eigenvalue weighted by Gasteiger charge is 2.45. The summed E-state index contributed by atoms with van der Waals surface area (Å²) in [5.41, 5.74) is 1.70. The Bertz CT molecular complexity index is 790. The van der Waals surface area contributed by atoms with Gasteiger partial charge >= 0.3 is 0 Å². The van der Waals surface area contributed by atoms with Crippen molar-refractivity contribution < 1.29 is 19.1 Å². The second-order valence-corrected chi connectivity index (χ2v) is 8.00. The molecule has 1 aromatic carbocycles. The molecule has 0 aromatic heterocycles. The summed E-state index contributed by atoms with van der Waals surface area (Å²) >= 11 is 0.